The molecule has 3 rings (SSSR count). The number of rotatable bonds is 8. The van der Waals surface area contributed by atoms with Crippen LogP contribution in [0.4, 0.5) is 0 Å². The molecule has 1 amide bonds. The maximum absolute atomic E-state index is 13.0. The molecule has 1 unspecified atom stereocenters. The lowest BCUT2D eigenvalue weighted by atomic mass is 10.0. The van der Waals surface area contributed by atoms with E-state index in [1.165, 1.54) is 25.7 Å². The van der Waals surface area contributed by atoms with Gasteiger partial charge < -0.3 is 14.4 Å². The van der Waals surface area contributed by atoms with Crippen LogP contribution in [0.25, 0.3) is 0 Å². The second-order valence-electron chi connectivity index (χ2n) is 7.28. The Bertz CT molecular complexity index is 549. The molecule has 2 fully saturated rings. The van der Waals surface area contributed by atoms with Crippen molar-refractivity contribution in [3.8, 4) is 5.75 Å². The van der Waals surface area contributed by atoms with Crippen LogP contribution in [0.3, 0.4) is 0 Å². The zero-order chi connectivity index (χ0) is 17.0. The Morgan fingerprint density at radius 1 is 1.21 bits per heavy atom. The first-order valence-corrected chi connectivity index (χ1v) is 9.09. The fourth-order valence-corrected chi connectivity index (χ4v) is 4.17. The maximum Gasteiger partial charge on any atom is 0.226 e. The quantitative estimate of drug-likeness (QED) is 0.683. The first-order chi connectivity index (χ1) is 11.7. The monoisotopic (exact) mass is 331 g/mol. The van der Waals surface area contributed by atoms with Gasteiger partial charge in [0.05, 0.1) is 7.11 Å². The molecule has 1 atom stereocenters. The van der Waals surface area contributed by atoms with Crippen molar-refractivity contribution in [2.45, 2.75) is 45.1 Å². The molecule has 0 N–H and O–H groups in total. The van der Waals surface area contributed by atoms with Crippen molar-refractivity contribution in [1.29, 1.82) is 0 Å². The number of carbonyl (C=O) groups is 1. The Kier molecular flexibility index (Phi) is 5.44. The minimum Gasteiger partial charge on any atom is -0.497 e. The van der Waals surface area contributed by atoms with Crippen LogP contribution < -0.4 is 4.74 Å². The lowest BCUT2D eigenvalue weighted by Gasteiger charge is -2.24. The lowest BCUT2D eigenvalue weighted by molar-refractivity contribution is -0.134. The predicted octanol–water partition coefficient (Wildman–Crippen LogP) is 3.64. The van der Waals surface area contributed by atoms with Gasteiger partial charge in [-0.3, -0.25) is 4.79 Å². The van der Waals surface area contributed by atoms with E-state index in [0.717, 1.165) is 30.7 Å². The summed E-state index contributed by atoms with van der Waals surface area (Å²) >= 11 is 0. The molecule has 0 bridgehead atoms. The second-order valence-corrected chi connectivity index (χ2v) is 7.28. The van der Waals surface area contributed by atoms with Crippen molar-refractivity contribution in [3.05, 3.63) is 29.8 Å². The van der Waals surface area contributed by atoms with Gasteiger partial charge in [-0.2, -0.15) is 0 Å². The highest BCUT2D eigenvalue weighted by molar-refractivity contribution is 5.82. The van der Waals surface area contributed by atoms with Gasteiger partial charge >= 0.3 is 0 Å². The standard InChI is InChI=1S/C20H29NO3/c1-23-13-5-12-21(15-16-6-8-17(24-2)9-7-16)19(22)18-14-20(18)10-3-4-11-20/h6-9,18H,3-5,10-15H2,1-2H3. The summed E-state index contributed by atoms with van der Waals surface area (Å²) in [6.07, 6.45) is 7.08. The summed E-state index contributed by atoms with van der Waals surface area (Å²) in [6, 6.07) is 8.02. The number of benzene rings is 1. The SMILES string of the molecule is COCCCN(Cc1ccc(OC)cc1)C(=O)C1CC12CCCC2. The summed E-state index contributed by atoms with van der Waals surface area (Å²) in [5.74, 6) is 1.47. The van der Waals surface area contributed by atoms with Gasteiger partial charge in [-0.15, -0.1) is 0 Å². The van der Waals surface area contributed by atoms with E-state index >= 15 is 0 Å². The van der Waals surface area contributed by atoms with Crippen LogP contribution in [-0.2, 0) is 16.1 Å². The first-order valence-electron chi connectivity index (χ1n) is 9.09. The van der Waals surface area contributed by atoms with Gasteiger partial charge in [0.25, 0.3) is 0 Å². The molecule has 0 aromatic heterocycles. The lowest BCUT2D eigenvalue weighted by Crippen LogP contribution is -2.34. The fraction of sp³-hybridized carbons (Fsp3) is 0.650. The molecule has 2 saturated carbocycles. The molecule has 4 nitrogen and oxygen atoms in total. The minimum atomic E-state index is 0.265. The maximum atomic E-state index is 13.0. The zero-order valence-corrected chi connectivity index (χ0v) is 14.9. The van der Waals surface area contributed by atoms with Crippen LogP contribution in [0.15, 0.2) is 24.3 Å². The average Bonchev–Trinajstić information content (AvgIpc) is 3.10. The highest BCUT2D eigenvalue weighted by Gasteiger charge is 2.59. The highest BCUT2D eigenvalue weighted by atomic mass is 16.5. The summed E-state index contributed by atoms with van der Waals surface area (Å²) in [5.41, 5.74) is 1.51. The van der Waals surface area contributed by atoms with Crippen molar-refractivity contribution >= 4 is 5.91 Å². The van der Waals surface area contributed by atoms with Gasteiger partial charge in [0.1, 0.15) is 5.75 Å². The number of nitrogens with zero attached hydrogens (tertiary/aromatic N) is 1. The molecule has 4 heteroatoms. The Balaban J connectivity index is 1.64. The van der Waals surface area contributed by atoms with E-state index in [2.05, 4.69) is 0 Å². The molecule has 1 aromatic rings. The highest BCUT2D eigenvalue weighted by Crippen LogP contribution is 2.63. The van der Waals surface area contributed by atoms with Crippen molar-refractivity contribution in [2.75, 3.05) is 27.4 Å². The molecule has 0 aliphatic heterocycles. The molecule has 2 aliphatic carbocycles. The van der Waals surface area contributed by atoms with Gasteiger partial charge in [-0.25, -0.2) is 0 Å². The van der Waals surface area contributed by atoms with E-state index in [-0.39, 0.29) is 5.92 Å². The summed E-state index contributed by atoms with van der Waals surface area (Å²) < 4.78 is 10.4. The molecule has 24 heavy (non-hydrogen) atoms. The molecular weight excluding hydrogens is 302 g/mol. The van der Waals surface area contributed by atoms with Crippen molar-refractivity contribution in [2.24, 2.45) is 11.3 Å². The number of hydrogen-bond donors (Lipinski definition) is 0. The van der Waals surface area contributed by atoms with Crippen LogP contribution in [0.2, 0.25) is 0 Å². The number of hydrogen-bond acceptors (Lipinski definition) is 3. The topological polar surface area (TPSA) is 38.8 Å². The van der Waals surface area contributed by atoms with E-state index in [0.29, 0.717) is 24.5 Å². The molecular formula is C20H29NO3. The Morgan fingerprint density at radius 3 is 2.54 bits per heavy atom. The average molecular weight is 331 g/mol. The van der Waals surface area contributed by atoms with E-state index in [1.54, 1.807) is 14.2 Å². The zero-order valence-electron chi connectivity index (χ0n) is 14.9. The summed E-state index contributed by atoms with van der Waals surface area (Å²) in [6.45, 7) is 2.15. The van der Waals surface area contributed by atoms with E-state index in [9.17, 15) is 4.79 Å². The van der Waals surface area contributed by atoms with Crippen molar-refractivity contribution < 1.29 is 14.3 Å². The number of carbonyl (C=O) groups excluding carboxylic acids is 1. The number of amides is 1. The Morgan fingerprint density at radius 2 is 1.92 bits per heavy atom. The second kappa shape index (κ2) is 7.56. The molecule has 0 radical (unpaired) electrons. The van der Waals surface area contributed by atoms with Crippen LogP contribution in [-0.4, -0.2) is 38.2 Å². The van der Waals surface area contributed by atoms with E-state index < -0.39 is 0 Å². The van der Waals surface area contributed by atoms with Crippen LogP contribution in [0.5, 0.6) is 5.75 Å². The summed E-state index contributed by atoms with van der Waals surface area (Å²) in [4.78, 5) is 15.1. The number of ether oxygens (including phenoxy) is 2. The Hall–Kier alpha value is -1.55. The molecule has 2 aliphatic rings. The molecule has 0 heterocycles. The van der Waals surface area contributed by atoms with Crippen LogP contribution >= 0.6 is 0 Å². The molecule has 0 saturated heterocycles. The van der Waals surface area contributed by atoms with E-state index in [1.807, 2.05) is 29.2 Å². The summed E-state index contributed by atoms with van der Waals surface area (Å²) in [7, 11) is 3.38. The molecule has 1 spiro atoms. The normalized spacial score (nSPS) is 21.0. The van der Waals surface area contributed by atoms with Crippen molar-refractivity contribution in [3.63, 3.8) is 0 Å². The van der Waals surface area contributed by atoms with Crippen molar-refractivity contribution in [1.82, 2.24) is 4.90 Å². The van der Waals surface area contributed by atoms with E-state index in [4.69, 9.17) is 9.47 Å². The van der Waals surface area contributed by atoms with Gasteiger partial charge in [-0.05, 0) is 48.8 Å². The third kappa shape index (κ3) is 3.75. The first kappa shape index (κ1) is 17.3. The third-order valence-corrected chi connectivity index (χ3v) is 5.71. The summed E-state index contributed by atoms with van der Waals surface area (Å²) in [5, 5.41) is 0. The third-order valence-electron chi connectivity index (χ3n) is 5.71. The minimum absolute atomic E-state index is 0.265. The van der Waals surface area contributed by atoms with Crippen LogP contribution in [0.1, 0.15) is 44.1 Å². The van der Waals surface area contributed by atoms with Gasteiger partial charge in [0.15, 0.2) is 0 Å². The van der Waals surface area contributed by atoms with Gasteiger partial charge in [0.2, 0.25) is 5.91 Å². The van der Waals surface area contributed by atoms with Crippen LogP contribution in [0, 0.1) is 11.3 Å². The number of methoxy groups -OCH3 is 2. The largest absolute Gasteiger partial charge is 0.497 e. The molecule has 1 aromatic carbocycles. The van der Waals surface area contributed by atoms with Gasteiger partial charge in [-0.1, -0.05) is 25.0 Å². The smallest absolute Gasteiger partial charge is 0.226 e. The fourth-order valence-electron chi connectivity index (χ4n) is 4.17. The Labute approximate surface area is 145 Å². The molecule has 132 valence electrons. The predicted molar refractivity (Wildman–Crippen MR) is 93.9 cm³/mol. The van der Waals surface area contributed by atoms with Gasteiger partial charge in [0, 0.05) is 32.7 Å².